The van der Waals surface area contributed by atoms with Crippen LogP contribution in [0.25, 0.3) is 0 Å². The Morgan fingerprint density at radius 1 is 1.50 bits per heavy atom. The Labute approximate surface area is 127 Å². The fraction of sp³-hybridized carbons (Fsp3) is 0.812. The summed E-state index contributed by atoms with van der Waals surface area (Å²) in [6, 6.07) is 0. The molecule has 0 aromatic carbocycles. The molecule has 1 aromatic rings. The Morgan fingerprint density at radius 3 is 3.00 bits per heavy atom. The largest absolute Gasteiger partial charge is 0.396 e. The highest BCUT2D eigenvalue weighted by molar-refractivity contribution is 7.09. The third-order valence-electron chi connectivity index (χ3n) is 4.16. The van der Waals surface area contributed by atoms with Crippen LogP contribution in [0, 0.1) is 11.3 Å². The summed E-state index contributed by atoms with van der Waals surface area (Å²) in [7, 11) is 0. The van der Waals surface area contributed by atoms with E-state index in [9.17, 15) is 5.11 Å². The Morgan fingerprint density at radius 2 is 2.30 bits per heavy atom. The van der Waals surface area contributed by atoms with Crippen molar-refractivity contribution in [2.75, 3.05) is 19.7 Å². The van der Waals surface area contributed by atoms with E-state index in [1.807, 2.05) is 0 Å². The smallest absolute Gasteiger partial charge is 0.0928 e. The van der Waals surface area contributed by atoms with Crippen molar-refractivity contribution in [1.82, 2.24) is 9.88 Å². The molecule has 3 nitrogen and oxygen atoms in total. The first kappa shape index (κ1) is 15.9. The molecule has 20 heavy (non-hydrogen) atoms. The Hall–Kier alpha value is -0.450. The summed E-state index contributed by atoms with van der Waals surface area (Å²) in [5.41, 5.74) is 1.28. The van der Waals surface area contributed by atoms with Gasteiger partial charge in [-0.25, -0.2) is 4.98 Å². The highest BCUT2D eigenvalue weighted by atomic mass is 32.1. The van der Waals surface area contributed by atoms with Crippen molar-refractivity contribution in [3.63, 3.8) is 0 Å². The first-order valence-corrected chi connectivity index (χ1v) is 8.65. The van der Waals surface area contributed by atoms with E-state index in [0.29, 0.717) is 6.61 Å². The van der Waals surface area contributed by atoms with Crippen LogP contribution in [0.1, 0.15) is 50.7 Å². The number of aryl methyl sites for hydroxylation is 1. The summed E-state index contributed by atoms with van der Waals surface area (Å²) in [5.74, 6) is 0.745. The maximum Gasteiger partial charge on any atom is 0.0928 e. The molecule has 0 aliphatic carbocycles. The van der Waals surface area contributed by atoms with Crippen molar-refractivity contribution in [2.45, 2.75) is 53.0 Å². The highest BCUT2D eigenvalue weighted by Gasteiger charge is 2.30. The summed E-state index contributed by atoms with van der Waals surface area (Å²) >= 11 is 1.80. The summed E-state index contributed by atoms with van der Waals surface area (Å²) in [6.07, 6.45) is 4.65. The predicted molar refractivity (Wildman–Crippen MR) is 85.0 cm³/mol. The molecule has 0 radical (unpaired) electrons. The summed E-state index contributed by atoms with van der Waals surface area (Å²) in [5, 5.41) is 13.0. The Balaban J connectivity index is 1.87. The zero-order valence-corrected chi connectivity index (χ0v) is 13.9. The molecule has 1 aliphatic rings. The zero-order chi connectivity index (χ0) is 14.6. The number of rotatable bonds is 6. The minimum Gasteiger partial charge on any atom is -0.396 e. The fourth-order valence-electron chi connectivity index (χ4n) is 2.87. The Bertz CT molecular complexity index is 418. The van der Waals surface area contributed by atoms with Crippen LogP contribution in [0.3, 0.4) is 0 Å². The van der Waals surface area contributed by atoms with Gasteiger partial charge in [-0.15, -0.1) is 11.3 Å². The standard InChI is InChI=1S/C16H28N2OS/c1-13(2)5-6-15-17-14(10-20-15)9-18-8-4-7-16(3,11-18)12-19/h10,13,19H,4-9,11-12H2,1-3H3. The SMILES string of the molecule is CC(C)CCc1nc(CN2CCCC(C)(CO)C2)cs1. The quantitative estimate of drug-likeness (QED) is 0.875. The molecular formula is C16H28N2OS. The van der Waals surface area contributed by atoms with Crippen LogP contribution in [-0.2, 0) is 13.0 Å². The second kappa shape index (κ2) is 7.01. The van der Waals surface area contributed by atoms with E-state index >= 15 is 0 Å². The molecule has 1 aromatic heterocycles. The lowest BCUT2D eigenvalue weighted by molar-refractivity contribution is 0.0424. The monoisotopic (exact) mass is 296 g/mol. The predicted octanol–water partition coefficient (Wildman–Crippen LogP) is 3.33. The van der Waals surface area contributed by atoms with Gasteiger partial charge < -0.3 is 5.11 Å². The van der Waals surface area contributed by atoms with Crippen molar-refractivity contribution in [1.29, 1.82) is 0 Å². The third kappa shape index (κ3) is 4.54. The average molecular weight is 296 g/mol. The van der Waals surface area contributed by atoms with Crippen LogP contribution >= 0.6 is 11.3 Å². The molecule has 0 saturated carbocycles. The molecule has 1 atom stereocenters. The van der Waals surface area contributed by atoms with Crippen LogP contribution in [0.4, 0.5) is 0 Å². The number of aromatic nitrogens is 1. The maximum absolute atomic E-state index is 9.52. The molecule has 4 heteroatoms. The van der Waals surface area contributed by atoms with Crippen LogP contribution in [0.2, 0.25) is 0 Å². The van der Waals surface area contributed by atoms with Crippen LogP contribution in [0.5, 0.6) is 0 Å². The van der Waals surface area contributed by atoms with Gasteiger partial charge in [0.1, 0.15) is 0 Å². The molecule has 0 spiro atoms. The van der Waals surface area contributed by atoms with Crippen molar-refractivity contribution >= 4 is 11.3 Å². The summed E-state index contributed by atoms with van der Waals surface area (Å²) in [4.78, 5) is 7.21. The van der Waals surface area contributed by atoms with Gasteiger partial charge in [-0.3, -0.25) is 4.90 Å². The molecule has 1 unspecified atom stereocenters. The molecule has 1 fully saturated rings. The van der Waals surface area contributed by atoms with Crippen LogP contribution < -0.4 is 0 Å². The Kier molecular flexibility index (Phi) is 5.58. The molecule has 1 saturated heterocycles. The summed E-state index contributed by atoms with van der Waals surface area (Å²) < 4.78 is 0. The maximum atomic E-state index is 9.52. The molecule has 1 aliphatic heterocycles. The molecule has 2 rings (SSSR count). The number of nitrogens with zero attached hydrogens (tertiary/aromatic N) is 2. The first-order valence-electron chi connectivity index (χ1n) is 7.77. The van der Waals surface area contributed by atoms with Gasteiger partial charge in [-0.1, -0.05) is 20.8 Å². The van der Waals surface area contributed by atoms with Gasteiger partial charge in [-0.05, 0) is 38.1 Å². The van der Waals surface area contributed by atoms with Gasteiger partial charge in [-0.2, -0.15) is 0 Å². The lowest BCUT2D eigenvalue weighted by Crippen LogP contribution is -2.43. The topological polar surface area (TPSA) is 36.4 Å². The lowest BCUT2D eigenvalue weighted by atomic mass is 9.83. The van der Waals surface area contributed by atoms with E-state index in [4.69, 9.17) is 4.98 Å². The zero-order valence-electron chi connectivity index (χ0n) is 13.1. The molecule has 114 valence electrons. The number of hydrogen-bond acceptors (Lipinski definition) is 4. The third-order valence-corrected chi connectivity index (χ3v) is 5.12. The van der Waals surface area contributed by atoms with Gasteiger partial charge in [0.05, 0.1) is 10.7 Å². The minimum atomic E-state index is 0.0781. The van der Waals surface area contributed by atoms with E-state index in [1.165, 1.54) is 23.5 Å². The van der Waals surface area contributed by atoms with Crippen molar-refractivity contribution in [3.8, 4) is 0 Å². The number of aliphatic hydroxyl groups is 1. The number of hydrogen-bond donors (Lipinski definition) is 1. The van der Waals surface area contributed by atoms with E-state index in [0.717, 1.165) is 38.4 Å². The molecule has 0 amide bonds. The van der Waals surface area contributed by atoms with Crippen LogP contribution in [-0.4, -0.2) is 34.7 Å². The van der Waals surface area contributed by atoms with Crippen molar-refractivity contribution in [3.05, 3.63) is 16.1 Å². The van der Waals surface area contributed by atoms with Crippen molar-refractivity contribution in [2.24, 2.45) is 11.3 Å². The number of aliphatic hydroxyl groups excluding tert-OH is 1. The molecule has 1 N–H and O–H groups in total. The molecule has 2 heterocycles. The van der Waals surface area contributed by atoms with Gasteiger partial charge in [0.2, 0.25) is 0 Å². The lowest BCUT2D eigenvalue weighted by Gasteiger charge is -2.39. The van der Waals surface area contributed by atoms with Gasteiger partial charge in [0, 0.05) is 30.5 Å². The highest BCUT2D eigenvalue weighted by Crippen LogP contribution is 2.29. The number of thiazole rings is 1. The van der Waals surface area contributed by atoms with Gasteiger partial charge in [0.15, 0.2) is 0 Å². The second-order valence-corrected chi connectivity index (χ2v) is 7.89. The molecular weight excluding hydrogens is 268 g/mol. The normalized spacial score (nSPS) is 24.4. The van der Waals surface area contributed by atoms with Gasteiger partial charge >= 0.3 is 0 Å². The number of piperidine rings is 1. The van der Waals surface area contributed by atoms with E-state index in [1.54, 1.807) is 11.3 Å². The minimum absolute atomic E-state index is 0.0781. The van der Waals surface area contributed by atoms with Crippen LogP contribution in [0.15, 0.2) is 5.38 Å². The van der Waals surface area contributed by atoms with E-state index in [2.05, 4.69) is 31.1 Å². The fourth-order valence-corrected chi connectivity index (χ4v) is 3.67. The molecule has 0 bridgehead atoms. The van der Waals surface area contributed by atoms with Gasteiger partial charge in [0.25, 0.3) is 0 Å². The first-order chi connectivity index (χ1) is 9.50. The average Bonchev–Trinajstić information content (AvgIpc) is 2.84. The number of likely N-dealkylation sites (tertiary alicyclic amines) is 1. The summed E-state index contributed by atoms with van der Waals surface area (Å²) in [6.45, 7) is 10.1. The second-order valence-electron chi connectivity index (χ2n) is 6.95. The van der Waals surface area contributed by atoms with E-state index < -0.39 is 0 Å². The van der Waals surface area contributed by atoms with Crippen molar-refractivity contribution < 1.29 is 5.11 Å². The van der Waals surface area contributed by atoms with E-state index in [-0.39, 0.29) is 5.41 Å².